The summed E-state index contributed by atoms with van der Waals surface area (Å²) in [5, 5.41) is 7.01. The van der Waals surface area contributed by atoms with Crippen LogP contribution in [0.25, 0.3) is 0 Å². The van der Waals surface area contributed by atoms with Crippen molar-refractivity contribution < 1.29 is 9.53 Å². The van der Waals surface area contributed by atoms with E-state index in [1.807, 2.05) is 0 Å². The number of hydrogen-bond donors (Lipinski definition) is 1. The van der Waals surface area contributed by atoms with E-state index in [0.29, 0.717) is 5.92 Å². The number of thiophene rings is 1. The molecule has 0 radical (unpaired) electrons. The number of nitrogens with one attached hydrogen (secondary N) is 1. The number of fused-ring (bicyclic) bond motifs is 1. The first-order valence-corrected chi connectivity index (χ1v) is 7.81. The van der Waals surface area contributed by atoms with Crippen LogP contribution in [0.4, 0.5) is 0 Å². The smallest absolute Gasteiger partial charge is 0.248 e. The van der Waals surface area contributed by atoms with Gasteiger partial charge in [0.1, 0.15) is 6.10 Å². The topological polar surface area (TPSA) is 41.6 Å². The first-order valence-electron chi connectivity index (χ1n) is 6.86. The molecule has 0 unspecified atom stereocenters. The van der Waals surface area contributed by atoms with E-state index in [4.69, 9.17) is 4.74 Å². The molecule has 4 nitrogen and oxygen atoms in total. The maximum absolute atomic E-state index is 11.6. The van der Waals surface area contributed by atoms with Crippen LogP contribution in [-0.2, 0) is 16.1 Å². The highest BCUT2D eigenvalue weighted by Gasteiger charge is 2.41. The summed E-state index contributed by atoms with van der Waals surface area (Å²) < 4.78 is 5.92. The molecule has 2 aliphatic heterocycles. The number of carbonyl (C=O) groups excluding carboxylic acids is 1. The molecular weight excluding hydrogens is 260 g/mol. The molecule has 0 aliphatic carbocycles. The van der Waals surface area contributed by atoms with Gasteiger partial charge in [0.15, 0.2) is 0 Å². The first kappa shape index (κ1) is 13.1. The minimum Gasteiger partial charge on any atom is -0.364 e. The Kier molecular flexibility index (Phi) is 3.86. The van der Waals surface area contributed by atoms with Gasteiger partial charge >= 0.3 is 0 Å². The average molecular weight is 280 g/mol. The zero-order chi connectivity index (χ0) is 13.2. The fraction of sp³-hybridized carbons (Fsp3) is 0.643. The highest BCUT2D eigenvalue weighted by molar-refractivity contribution is 7.07. The van der Waals surface area contributed by atoms with Gasteiger partial charge in [-0.25, -0.2) is 0 Å². The predicted octanol–water partition coefficient (Wildman–Crippen LogP) is 1.47. The van der Waals surface area contributed by atoms with Gasteiger partial charge in [-0.1, -0.05) is 0 Å². The molecule has 2 aliphatic rings. The van der Waals surface area contributed by atoms with Crippen LogP contribution in [-0.4, -0.2) is 43.2 Å². The van der Waals surface area contributed by atoms with Crippen LogP contribution in [0, 0.1) is 5.92 Å². The Labute approximate surface area is 117 Å². The fourth-order valence-corrected chi connectivity index (χ4v) is 3.77. The van der Waals surface area contributed by atoms with Crippen molar-refractivity contribution in [2.45, 2.75) is 31.6 Å². The Hall–Kier alpha value is -0.910. The van der Waals surface area contributed by atoms with Crippen LogP contribution in [0.3, 0.4) is 0 Å². The molecule has 0 bridgehead atoms. The van der Waals surface area contributed by atoms with Crippen molar-refractivity contribution in [1.29, 1.82) is 0 Å². The summed E-state index contributed by atoms with van der Waals surface area (Å²) in [5.74, 6) is 0.583. The third kappa shape index (κ3) is 2.83. The summed E-state index contributed by atoms with van der Waals surface area (Å²) in [7, 11) is 1.68. The Morgan fingerprint density at radius 3 is 3.26 bits per heavy atom. The minimum atomic E-state index is -0.235. The molecule has 2 fully saturated rings. The third-order valence-corrected chi connectivity index (χ3v) is 4.89. The average Bonchev–Trinajstić information content (AvgIpc) is 3.06. The molecule has 0 spiro atoms. The van der Waals surface area contributed by atoms with E-state index >= 15 is 0 Å². The molecule has 19 heavy (non-hydrogen) atoms. The van der Waals surface area contributed by atoms with Crippen molar-refractivity contribution in [2.75, 3.05) is 20.1 Å². The Morgan fingerprint density at radius 1 is 1.63 bits per heavy atom. The van der Waals surface area contributed by atoms with E-state index in [0.717, 1.165) is 32.5 Å². The molecule has 5 heteroatoms. The highest BCUT2D eigenvalue weighted by atomic mass is 32.1. The van der Waals surface area contributed by atoms with Gasteiger partial charge in [0.25, 0.3) is 0 Å². The van der Waals surface area contributed by atoms with Gasteiger partial charge in [0, 0.05) is 20.1 Å². The number of amides is 1. The number of carbonyl (C=O) groups is 1. The molecular formula is C14H20N2O2S. The third-order valence-electron chi connectivity index (χ3n) is 4.16. The predicted molar refractivity (Wildman–Crippen MR) is 75.0 cm³/mol. The second-order valence-corrected chi connectivity index (χ2v) is 6.21. The van der Waals surface area contributed by atoms with Gasteiger partial charge in [-0.05, 0) is 47.7 Å². The molecule has 3 rings (SSSR count). The van der Waals surface area contributed by atoms with E-state index < -0.39 is 0 Å². The van der Waals surface area contributed by atoms with Crippen LogP contribution in [0.15, 0.2) is 16.8 Å². The lowest BCUT2D eigenvalue weighted by Crippen LogP contribution is -2.42. The number of ether oxygens (including phenoxy) is 1. The lowest BCUT2D eigenvalue weighted by Gasteiger charge is -2.33. The van der Waals surface area contributed by atoms with E-state index in [1.54, 1.807) is 18.4 Å². The molecule has 0 saturated carbocycles. The quantitative estimate of drug-likeness (QED) is 0.912. The van der Waals surface area contributed by atoms with Crippen molar-refractivity contribution in [2.24, 2.45) is 5.92 Å². The number of nitrogens with zero attached hydrogens (tertiary/aromatic N) is 1. The molecule has 0 aromatic carbocycles. The Balaban J connectivity index is 1.57. The zero-order valence-corrected chi connectivity index (χ0v) is 12.0. The number of likely N-dealkylation sites (N-methyl/N-ethyl adjacent to an activating group) is 1. The molecule has 1 aromatic rings. The van der Waals surface area contributed by atoms with Crippen LogP contribution in [0.2, 0.25) is 0 Å². The second-order valence-electron chi connectivity index (χ2n) is 5.43. The lowest BCUT2D eigenvalue weighted by atomic mass is 9.91. The summed E-state index contributed by atoms with van der Waals surface area (Å²) in [5.41, 5.74) is 1.38. The molecule has 104 valence electrons. The van der Waals surface area contributed by atoms with Crippen molar-refractivity contribution >= 4 is 17.2 Å². The molecule has 3 heterocycles. The van der Waals surface area contributed by atoms with E-state index in [2.05, 4.69) is 27.0 Å². The second kappa shape index (κ2) is 5.61. The monoisotopic (exact) mass is 280 g/mol. The summed E-state index contributed by atoms with van der Waals surface area (Å²) in [6.07, 6.45) is 2.02. The van der Waals surface area contributed by atoms with Crippen LogP contribution in [0.5, 0.6) is 0 Å². The normalized spacial score (nSPS) is 31.1. The van der Waals surface area contributed by atoms with Crippen LogP contribution >= 0.6 is 11.3 Å². The molecule has 3 atom stereocenters. The van der Waals surface area contributed by atoms with Crippen molar-refractivity contribution in [3.63, 3.8) is 0 Å². The van der Waals surface area contributed by atoms with Crippen LogP contribution in [0.1, 0.15) is 18.4 Å². The Bertz CT molecular complexity index is 435. The van der Waals surface area contributed by atoms with Gasteiger partial charge in [0.2, 0.25) is 5.91 Å². The number of rotatable bonds is 3. The maximum atomic E-state index is 11.6. The van der Waals surface area contributed by atoms with Crippen molar-refractivity contribution in [3.8, 4) is 0 Å². The van der Waals surface area contributed by atoms with E-state index in [-0.39, 0.29) is 18.1 Å². The molecule has 1 N–H and O–H groups in total. The van der Waals surface area contributed by atoms with Gasteiger partial charge in [0.05, 0.1) is 6.10 Å². The molecule has 1 amide bonds. The summed E-state index contributed by atoms with van der Waals surface area (Å²) in [4.78, 5) is 14.1. The SMILES string of the molecule is CNC(=O)[C@H]1C[C@@H]2CCN(Cc3ccsc3)C[C@H]2O1. The van der Waals surface area contributed by atoms with Gasteiger partial charge in [-0.2, -0.15) is 11.3 Å². The maximum Gasteiger partial charge on any atom is 0.248 e. The lowest BCUT2D eigenvalue weighted by molar-refractivity contribution is -0.132. The number of hydrogen-bond acceptors (Lipinski definition) is 4. The standard InChI is InChI=1S/C14H20N2O2S/c1-15-14(17)12-6-11-2-4-16(8-13(11)18-12)7-10-3-5-19-9-10/h3,5,9,11-13H,2,4,6-8H2,1H3,(H,15,17)/t11-,12+,13+/m0/s1. The van der Waals surface area contributed by atoms with E-state index in [9.17, 15) is 4.79 Å². The van der Waals surface area contributed by atoms with Gasteiger partial charge in [-0.3, -0.25) is 9.69 Å². The summed E-state index contributed by atoms with van der Waals surface area (Å²) in [6.45, 7) is 3.07. The number of likely N-dealkylation sites (tertiary alicyclic amines) is 1. The fourth-order valence-electron chi connectivity index (χ4n) is 3.11. The molecule has 1 aromatic heterocycles. The van der Waals surface area contributed by atoms with Crippen molar-refractivity contribution in [1.82, 2.24) is 10.2 Å². The largest absolute Gasteiger partial charge is 0.364 e. The zero-order valence-electron chi connectivity index (χ0n) is 11.2. The van der Waals surface area contributed by atoms with Crippen LogP contribution < -0.4 is 5.32 Å². The molecule has 2 saturated heterocycles. The highest BCUT2D eigenvalue weighted by Crippen LogP contribution is 2.33. The number of piperidine rings is 1. The van der Waals surface area contributed by atoms with E-state index in [1.165, 1.54) is 5.56 Å². The van der Waals surface area contributed by atoms with Crippen molar-refractivity contribution in [3.05, 3.63) is 22.4 Å². The summed E-state index contributed by atoms with van der Waals surface area (Å²) >= 11 is 1.74. The van der Waals surface area contributed by atoms with Gasteiger partial charge < -0.3 is 10.1 Å². The van der Waals surface area contributed by atoms with Gasteiger partial charge in [-0.15, -0.1) is 0 Å². The minimum absolute atomic E-state index is 0.0267. The first-order chi connectivity index (χ1) is 9.26. The summed E-state index contributed by atoms with van der Waals surface area (Å²) in [6, 6.07) is 2.18. The Morgan fingerprint density at radius 2 is 2.53 bits per heavy atom.